The van der Waals surface area contributed by atoms with Crippen molar-refractivity contribution < 1.29 is 14.2 Å². The molecule has 1 fully saturated rings. The Hall–Kier alpha value is -2.45. The molecule has 0 bridgehead atoms. The van der Waals surface area contributed by atoms with Crippen LogP contribution in [0.4, 0.5) is 11.4 Å². The molecule has 3 rings (SSSR count). The summed E-state index contributed by atoms with van der Waals surface area (Å²) in [6, 6.07) is 10.3. The lowest BCUT2D eigenvalue weighted by atomic mass is 10.2. The van der Waals surface area contributed by atoms with E-state index in [4.69, 9.17) is 16.6 Å². The Labute approximate surface area is 151 Å². The Kier molecular flexibility index (Phi) is 5.62. The van der Waals surface area contributed by atoms with E-state index in [0.717, 1.165) is 18.8 Å². The maximum atomic E-state index is 10.7. The summed E-state index contributed by atoms with van der Waals surface area (Å²) < 4.78 is 5.61. The van der Waals surface area contributed by atoms with Crippen molar-refractivity contribution in [2.75, 3.05) is 25.0 Å². The zero-order chi connectivity index (χ0) is 17.6. The highest BCUT2D eigenvalue weighted by Crippen LogP contribution is 2.15. The van der Waals surface area contributed by atoms with Crippen LogP contribution in [-0.4, -0.2) is 29.7 Å². The molecule has 0 aliphatic carbocycles. The van der Waals surface area contributed by atoms with Gasteiger partial charge in [0.15, 0.2) is 16.9 Å². The molecular weight excluding hydrogens is 340 g/mol. The average Bonchev–Trinajstić information content (AvgIpc) is 3.29. The van der Waals surface area contributed by atoms with Crippen LogP contribution in [0.2, 0.25) is 0 Å². The first kappa shape index (κ1) is 17.4. The average molecular weight is 361 g/mol. The minimum Gasteiger partial charge on any atom is -0.463 e. The summed E-state index contributed by atoms with van der Waals surface area (Å²) in [5, 5.41) is 17.5. The van der Waals surface area contributed by atoms with Gasteiger partial charge in [0.2, 0.25) is 0 Å². The van der Waals surface area contributed by atoms with Crippen molar-refractivity contribution in [3.05, 3.63) is 58.5 Å². The Morgan fingerprint density at radius 1 is 1.28 bits per heavy atom. The Morgan fingerprint density at radius 2 is 2.00 bits per heavy atom. The molecule has 1 aromatic heterocycles. The van der Waals surface area contributed by atoms with Crippen molar-refractivity contribution in [3.8, 4) is 0 Å². The van der Waals surface area contributed by atoms with Crippen LogP contribution in [0.1, 0.15) is 24.6 Å². The standard InChI is InChI=1S/C17H20N4O3S/c22-21(23)14-7-5-13(6-8-14)19-17(25)18-12-15(16-4-3-11-24-16)20-9-1-2-10-20/h3-8,11,15H,1-2,9-10,12H2,(H2,18,19,25)/p+1/t15-/m1/s1. The maximum absolute atomic E-state index is 10.7. The number of likely N-dealkylation sites (tertiary alicyclic amines) is 1. The number of thiocarbonyl (C=S) groups is 1. The third-order valence-corrected chi connectivity index (χ3v) is 4.67. The molecule has 1 aliphatic rings. The van der Waals surface area contributed by atoms with Gasteiger partial charge in [-0.1, -0.05) is 0 Å². The van der Waals surface area contributed by atoms with E-state index in [1.54, 1.807) is 18.4 Å². The van der Waals surface area contributed by atoms with Crippen LogP contribution in [-0.2, 0) is 0 Å². The van der Waals surface area contributed by atoms with Gasteiger partial charge < -0.3 is 20.0 Å². The second kappa shape index (κ2) is 8.09. The van der Waals surface area contributed by atoms with E-state index in [0.29, 0.717) is 17.3 Å². The van der Waals surface area contributed by atoms with Crippen LogP contribution in [0, 0.1) is 10.1 Å². The highest BCUT2D eigenvalue weighted by molar-refractivity contribution is 7.80. The van der Waals surface area contributed by atoms with Gasteiger partial charge in [-0.25, -0.2) is 0 Å². The number of nitro groups is 1. The number of rotatable bonds is 6. The van der Waals surface area contributed by atoms with E-state index in [1.807, 2.05) is 12.1 Å². The lowest BCUT2D eigenvalue weighted by Crippen LogP contribution is -3.11. The molecule has 0 radical (unpaired) electrons. The fraction of sp³-hybridized carbons (Fsp3) is 0.353. The predicted molar refractivity (Wildman–Crippen MR) is 98.7 cm³/mol. The topological polar surface area (TPSA) is 84.8 Å². The molecule has 25 heavy (non-hydrogen) atoms. The molecule has 1 aliphatic heterocycles. The van der Waals surface area contributed by atoms with Gasteiger partial charge in [0.1, 0.15) is 0 Å². The fourth-order valence-electron chi connectivity index (χ4n) is 3.15. The number of hydrogen-bond donors (Lipinski definition) is 3. The van der Waals surface area contributed by atoms with E-state index in [2.05, 4.69) is 10.6 Å². The minimum atomic E-state index is -0.423. The number of quaternary nitrogens is 1. The van der Waals surface area contributed by atoms with Gasteiger partial charge in [-0.15, -0.1) is 0 Å². The van der Waals surface area contributed by atoms with E-state index >= 15 is 0 Å². The lowest BCUT2D eigenvalue weighted by molar-refractivity contribution is -0.919. The SMILES string of the molecule is O=[N+]([O-])c1ccc(NC(=S)NC[C@H](c2ccco2)[NH+]2CCCC2)cc1. The number of anilines is 1. The van der Waals surface area contributed by atoms with E-state index in [1.165, 1.54) is 29.9 Å². The number of furan rings is 1. The zero-order valence-electron chi connectivity index (χ0n) is 13.7. The first-order valence-corrected chi connectivity index (χ1v) is 8.71. The highest BCUT2D eigenvalue weighted by Gasteiger charge is 2.29. The van der Waals surface area contributed by atoms with Gasteiger partial charge in [-0.2, -0.15) is 0 Å². The molecule has 0 unspecified atom stereocenters. The van der Waals surface area contributed by atoms with Crippen molar-refractivity contribution in [1.29, 1.82) is 0 Å². The van der Waals surface area contributed by atoms with Crippen molar-refractivity contribution in [3.63, 3.8) is 0 Å². The van der Waals surface area contributed by atoms with Gasteiger partial charge in [0.25, 0.3) is 5.69 Å². The van der Waals surface area contributed by atoms with Crippen LogP contribution in [0.3, 0.4) is 0 Å². The first-order valence-electron chi connectivity index (χ1n) is 8.31. The number of nitrogens with zero attached hydrogens (tertiary/aromatic N) is 1. The number of nitrogens with one attached hydrogen (secondary N) is 3. The Bertz CT molecular complexity index is 712. The second-order valence-electron chi connectivity index (χ2n) is 6.07. The van der Waals surface area contributed by atoms with Gasteiger partial charge in [0, 0.05) is 30.7 Å². The van der Waals surface area contributed by atoms with Crippen LogP contribution >= 0.6 is 12.2 Å². The quantitative estimate of drug-likeness (QED) is 0.414. The van der Waals surface area contributed by atoms with Gasteiger partial charge in [-0.3, -0.25) is 10.1 Å². The van der Waals surface area contributed by atoms with Crippen molar-refractivity contribution >= 4 is 28.7 Å². The molecule has 3 N–H and O–H groups in total. The van der Waals surface area contributed by atoms with Crippen LogP contribution < -0.4 is 15.5 Å². The smallest absolute Gasteiger partial charge is 0.269 e. The summed E-state index contributed by atoms with van der Waals surface area (Å²) in [6.07, 6.45) is 4.17. The van der Waals surface area contributed by atoms with Crippen molar-refractivity contribution in [1.82, 2.24) is 5.32 Å². The molecule has 0 spiro atoms. The highest BCUT2D eigenvalue weighted by atomic mass is 32.1. The largest absolute Gasteiger partial charge is 0.463 e. The van der Waals surface area contributed by atoms with Crippen LogP contribution in [0.5, 0.6) is 0 Å². The van der Waals surface area contributed by atoms with E-state index in [9.17, 15) is 10.1 Å². The molecule has 2 heterocycles. The molecule has 132 valence electrons. The normalized spacial score (nSPS) is 15.7. The fourth-order valence-corrected chi connectivity index (χ4v) is 3.35. The minimum absolute atomic E-state index is 0.0555. The first-order chi connectivity index (χ1) is 12.1. The summed E-state index contributed by atoms with van der Waals surface area (Å²) in [6.45, 7) is 2.94. The summed E-state index contributed by atoms with van der Waals surface area (Å²) in [5.41, 5.74) is 0.770. The summed E-state index contributed by atoms with van der Waals surface area (Å²) in [5.74, 6) is 0.961. The van der Waals surface area contributed by atoms with Crippen LogP contribution in [0.15, 0.2) is 47.1 Å². The second-order valence-corrected chi connectivity index (χ2v) is 6.48. The van der Waals surface area contributed by atoms with E-state index in [-0.39, 0.29) is 11.7 Å². The molecule has 1 saturated heterocycles. The molecule has 2 aromatic rings. The van der Waals surface area contributed by atoms with E-state index < -0.39 is 4.92 Å². The van der Waals surface area contributed by atoms with Gasteiger partial charge in [0.05, 0.1) is 30.8 Å². The lowest BCUT2D eigenvalue weighted by Gasteiger charge is -2.23. The number of nitro benzene ring substituents is 1. The van der Waals surface area contributed by atoms with Gasteiger partial charge >= 0.3 is 0 Å². The predicted octanol–water partition coefficient (Wildman–Crippen LogP) is 1.89. The summed E-state index contributed by atoms with van der Waals surface area (Å²) >= 11 is 5.35. The molecule has 0 amide bonds. The molecule has 1 aromatic carbocycles. The molecular formula is C17H21N4O3S+. The van der Waals surface area contributed by atoms with Crippen molar-refractivity contribution in [2.24, 2.45) is 0 Å². The van der Waals surface area contributed by atoms with Gasteiger partial charge in [-0.05, 0) is 36.5 Å². The maximum Gasteiger partial charge on any atom is 0.269 e. The summed E-state index contributed by atoms with van der Waals surface area (Å²) in [4.78, 5) is 11.8. The number of benzene rings is 1. The number of hydrogen-bond acceptors (Lipinski definition) is 4. The molecule has 0 saturated carbocycles. The third kappa shape index (κ3) is 4.55. The Balaban J connectivity index is 1.57. The zero-order valence-corrected chi connectivity index (χ0v) is 14.6. The number of non-ortho nitro benzene ring substituents is 1. The monoisotopic (exact) mass is 361 g/mol. The summed E-state index contributed by atoms with van der Waals surface area (Å²) in [7, 11) is 0. The molecule has 7 nitrogen and oxygen atoms in total. The van der Waals surface area contributed by atoms with Crippen LogP contribution in [0.25, 0.3) is 0 Å². The molecule has 8 heteroatoms. The Morgan fingerprint density at radius 3 is 2.60 bits per heavy atom. The van der Waals surface area contributed by atoms with Crippen molar-refractivity contribution in [2.45, 2.75) is 18.9 Å². The third-order valence-electron chi connectivity index (χ3n) is 4.43. The molecule has 1 atom stereocenters.